The van der Waals surface area contributed by atoms with Crippen molar-refractivity contribution >= 4 is 0 Å². The van der Waals surface area contributed by atoms with Crippen LogP contribution in [0.3, 0.4) is 0 Å². The zero-order chi connectivity index (χ0) is 13.9. The van der Waals surface area contributed by atoms with Crippen LogP contribution in [0.1, 0.15) is 51.4 Å². The van der Waals surface area contributed by atoms with Gasteiger partial charge in [0.05, 0.1) is 5.69 Å². The Bertz CT molecular complexity index is 392. The first kappa shape index (κ1) is 14.7. The number of hydrogen-bond acceptors (Lipinski definition) is 2. The normalized spacial score (nSPS) is 15.4. The minimum Gasteiger partial charge on any atom is -0.264 e. The summed E-state index contributed by atoms with van der Waals surface area (Å²) < 4.78 is 0. The van der Waals surface area contributed by atoms with E-state index in [-0.39, 0.29) is 0 Å². The van der Waals surface area contributed by atoms with Gasteiger partial charge in [-0.05, 0) is 24.3 Å². The van der Waals surface area contributed by atoms with Gasteiger partial charge in [-0.3, -0.25) is 9.97 Å². The standard InChI is InChI=1S/C10H8N2.C8H16/c1-2-7-12-10(5-1)9-4-3-6-11-8-9;1-2-4-6-8-7-5-3-1/h1-8H;1-8H2. The van der Waals surface area contributed by atoms with Gasteiger partial charge in [0.15, 0.2) is 0 Å². The predicted octanol–water partition coefficient (Wildman–Crippen LogP) is 5.26. The Morgan fingerprint density at radius 2 is 1.30 bits per heavy atom. The van der Waals surface area contributed by atoms with Crippen molar-refractivity contribution in [2.75, 3.05) is 0 Å². The summed E-state index contributed by atoms with van der Waals surface area (Å²) in [6.45, 7) is 0. The maximum Gasteiger partial charge on any atom is 0.0717 e. The number of hydrogen-bond donors (Lipinski definition) is 0. The first-order chi connectivity index (χ1) is 9.97. The van der Waals surface area contributed by atoms with Crippen molar-refractivity contribution < 1.29 is 0 Å². The Balaban J connectivity index is 0.000000160. The Kier molecular flexibility index (Phi) is 6.80. The number of nitrogens with zero attached hydrogens (tertiary/aromatic N) is 2. The van der Waals surface area contributed by atoms with Crippen molar-refractivity contribution in [3.8, 4) is 11.3 Å². The van der Waals surface area contributed by atoms with Gasteiger partial charge in [-0.1, -0.05) is 57.4 Å². The Morgan fingerprint density at radius 3 is 1.75 bits per heavy atom. The molecule has 3 rings (SSSR count). The van der Waals surface area contributed by atoms with Crippen LogP contribution >= 0.6 is 0 Å². The van der Waals surface area contributed by atoms with Gasteiger partial charge in [-0.25, -0.2) is 0 Å². The molecule has 0 saturated heterocycles. The zero-order valence-corrected chi connectivity index (χ0v) is 12.2. The number of aromatic nitrogens is 2. The molecule has 0 spiro atoms. The molecule has 2 heterocycles. The van der Waals surface area contributed by atoms with Crippen molar-refractivity contribution in [2.45, 2.75) is 51.4 Å². The van der Waals surface area contributed by atoms with E-state index in [9.17, 15) is 0 Å². The van der Waals surface area contributed by atoms with E-state index in [1.807, 2.05) is 36.5 Å². The van der Waals surface area contributed by atoms with Crippen molar-refractivity contribution in [1.29, 1.82) is 0 Å². The van der Waals surface area contributed by atoms with E-state index in [1.165, 1.54) is 51.4 Å². The molecule has 1 aliphatic rings. The minimum atomic E-state index is 0.964. The maximum absolute atomic E-state index is 4.21. The summed E-state index contributed by atoms with van der Waals surface area (Å²) in [5, 5.41) is 0. The fraction of sp³-hybridized carbons (Fsp3) is 0.444. The first-order valence-corrected chi connectivity index (χ1v) is 7.78. The highest BCUT2D eigenvalue weighted by Crippen LogP contribution is 2.15. The molecule has 0 aromatic carbocycles. The third kappa shape index (κ3) is 5.52. The topological polar surface area (TPSA) is 25.8 Å². The van der Waals surface area contributed by atoms with Crippen LogP contribution in [0.4, 0.5) is 0 Å². The lowest BCUT2D eigenvalue weighted by Crippen LogP contribution is -1.85. The van der Waals surface area contributed by atoms with E-state index in [0.29, 0.717) is 0 Å². The molecule has 2 heteroatoms. The third-order valence-corrected chi connectivity index (χ3v) is 3.62. The first-order valence-electron chi connectivity index (χ1n) is 7.78. The highest BCUT2D eigenvalue weighted by atomic mass is 14.7. The van der Waals surface area contributed by atoms with Crippen LogP contribution in [-0.2, 0) is 0 Å². The van der Waals surface area contributed by atoms with Gasteiger partial charge in [0, 0.05) is 24.2 Å². The van der Waals surface area contributed by atoms with E-state index in [1.54, 1.807) is 12.4 Å². The molecular weight excluding hydrogens is 244 g/mol. The largest absolute Gasteiger partial charge is 0.264 e. The molecule has 106 valence electrons. The van der Waals surface area contributed by atoms with Gasteiger partial charge in [-0.15, -0.1) is 0 Å². The second-order valence-corrected chi connectivity index (χ2v) is 5.29. The van der Waals surface area contributed by atoms with Gasteiger partial charge in [-0.2, -0.15) is 0 Å². The second-order valence-electron chi connectivity index (χ2n) is 5.29. The average Bonchev–Trinajstić information content (AvgIpc) is 2.49. The monoisotopic (exact) mass is 268 g/mol. The lowest BCUT2D eigenvalue weighted by Gasteiger charge is -2.05. The minimum absolute atomic E-state index is 0.964. The summed E-state index contributed by atoms with van der Waals surface area (Å²) in [4.78, 5) is 8.23. The lowest BCUT2D eigenvalue weighted by atomic mass is 10.0. The van der Waals surface area contributed by atoms with E-state index in [2.05, 4.69) is 9.97 Å². The molecule has 1 aliphatic carbocycles. The molecule has 0 amide bonds. The van der Waals surface area contributed by atoms with Crippen molar-refractivity contribution in [2.24, 2.45) is 0 Å². The van der Waals surface area contributed by atoms with E-state index in [0.717, 1.165) is 11.3 Å². The van der Waals surface area contributed by atoms with Crippen LogP contribution < -0.4 is 0 Å². The van der Waals surface area contributed by atoms with Crippen molar-refractivity contribution in [1.82, 2.24) is 9.97 Å². The molecule has 1 fully saturated rings. The maximum atomic E-state index is 4.21. The third-order valence-electron chi connectivity index (χ3n) is 3.62. The molecule has 0 unspecified atom stereocenters. The quantitative estimate of drug-likeness (QED) is 0.704. The summed E-state index contributed by atoms with van der Waals surface area (Å²) >= 11 is 0. The summed E-state index contributed by atoms with van der Waals surface area (Å²) in [6, 6.07) is 9.74. The Hall–Kier alpha value is -1.70. The van der Waals surface area contributed by atoms with Crippen molar-refractivity contribution in [3.05, 3.63) is 48.9 Å². The molecule has 2 aromatic heterocycles. The molecule has 0 aliphatic heterocycles. The van der Waals surface area contributed by atoms with Crippen molar-refractivity contribution in [3.63, 3.8) is 0 Å². The predicted molar refractivity (Wildman–Crippen MR) is 84.4 cm³/mol. The van der Waals surface area contributed by atoms with Crippen LogP contribution in [0, 0.1) is 0 Å². The number of rotatable bonds is 1. The lowest BCUT2D eigenvalue weighted by molar-refractivity contribution is 0.504. The molecule has 2 aromatic rings. The summed E-state index contributed by atoms with van der Waals surface area (Å²) in [6.07, 6.45) is 17.3. The molecular formula is C18H24N2. The smallest absolute Gasteiger partial charge is 0.0717 e. The molecule has 2 nitrogen and oxygen atoms in total. The molecule has 0 N–H and O–H groups in total. The SMILES string of the molecule is C1CCCCCCC1.c1ccc(-c2cccnc2)nc1. The molecule has 1 saturated carbocycles. The van der Waals surface area contributed by atoms with Gasteiger partial charge in [0.25, 0.3) is 0 Å². The molecule has 0 radical (unpaired) electrons. The van der Waals surface area contributed by atoms with Gasteiger partial charge in [0.2, 0.25) is 0 Å². The van der Waals surface area contributed by atoms with Crippen LogP contribution in [0.25, 0.3) is 11.3 Å². The van der Waals surface area contributed by atoms with Crippen LogP contribution in [0.2, 0.25) is 0 Å². The highest BCUT2D eigenvalue weighted by Gasteiger charge is 1.96. The summed E-state index contributed by atoms with van der Waals surface area (Å²) in [5.41, 5.74) is 2.02. The van der Waals surface area contributed by atoms with E-state index < -0.39 is 0 Å². The average molecular weight is 268 g/mol. The summed E-state index contributed by atoms with van der Waals surface area (Å²) in [7, 11) is 0. The van der Waals surface area contributed by atoms with Crippen LogP contribution in [-0.4, -0.2) is 9.97 Å². The zero-order valence-electron chi connectivity index (χ0n) is 12.2. The number of pyridine rings is 2. The fourth-order valence-corrected chi connectivity index (χ4v) is 2.46. The Labute approximate surface area is 122 Å². The van der Waals surface area contributed by atoms with E-state index >= 15 is 0 Å². The molecule has 0 bridgehead atoms. The molecule has 0 atom stereocenters. The fourth-order valence-electron chi connectivity index (χ4n) is 2.46. The van der Waals surface area contributed by atoms with E-state index in [4.69, 9.17) is 0 Å². The highest BCUT2D eigenvalue weighted by molar-refractivity contribution is 5.56. The van der Waals surface area contributed by atoms with Gasteiger partial charge < -0.3 is 0 Å². The second kappa shape index (κ2) is 9.24. The van der Waals surface area contributed by atoms with Crippen LogP contribution in [0.5, 0.6) is 0 Å². The summed E-state index contributed by atoms with van der Waals surface area (Å²) in [5.74, 6) is 0. The van der Waals surface area contributed by atoms with Gasteiger partial charge in [0.1, 0.15) is 0 Å². The Morgan fingerprint density at radius 1 is 0.650 bits per heavy atom. The van der Waals surface area contributed by atoms with Gasteiger partial charge >= 0.3 is 0 Å². The molecule has 20 heavy (non-hydrogen) atoms. The van der Waals surface area contributed by atoms with Crippen LogP contribution in [0.15, 0.2) is 48.9 Å².